The maximum Gasteiger partial charge on any atom is 0.233 e. The molecule has 0 spiro atoms. The van der Waals surface area contributed by atoms with Crippen LogP contribution in [0.3, 0.4) is 0 Å². The van der Waals surface area contributed by atoms with Gasteiger partial charge < -0.3 is 4.90 Å². The number of pyridine rings is 1. The number of nitrogens with zero attached hydrogens (tertiary/aromatic N) is 2. The van der Waals surface area contributed by atoms with Gasteiger partial charge in [0, 0.05) is 13.1 Å². The molecule has 5 nitrogen and oxygen atoms in total. The van der Waals surface area contributed by atoms with Crippen molar-refractivity contribution in [3.05, 3.63) is 54.2 Å². The highest BCUT2D eigenvalue weighted by atomic mass is 32.2. The van der Waals surface area contributed by atoms with E-state index in [-0.39, 0.29) is 5.75 Å². The van der Waals surface area contributed by atoms with Crippen LogP contribution in [-0.4, -0.2) is 25.7 Å². The van der Waals surface area contributed by atoms with Gasteiger partial charge >= 0.3 is 0 Å². The summed E-state index contributed by atoms with van der Waals surface area (Å²) in [5.41, 5.74) is 2.19. The Morgan fingerprint density at radius 3 is 2.39 bits per heavy atom. The maximum absolute atomic E-state index is 11.8. The van der Waals surface area contributed by atoms with Gasteiger partial charge in [-0.05, 0) is 31.0 Å². The highest BCUT2D eigenvalue weighted by Gasteiger charge is 2.11. The maximum atomic E-state index is 11.8. The average molecular weight is 333 g/mol. The van der Waals surface area contributed by atoms with Crippen molar-refractivity contribution < 1.29 is 8.42 Å². The number of nitrogens with one attached hydrogen (secondary N) is 1. The zero-order chi connectivity index (χ0) is 16.7. The molecular weight excluding hydrogens is 310 g/mol. The summed E-state index contributed by atoms with van der Waals surface area (Å²) in [5.74, 6) is 0.462. The molecule has 2 rings (SSSR count). The van der Waals surface area contributed by atoms with E-state index in [0.29, 0.717) is 12.2 Å². The molecule has 0 bridgehead atoms. The summed E-state index contributed by atoms with van der Waals surface area (Å²) in [7, 11) is -3.30. The van der Waals surface area contributed by atoms with Crippen LogP contribution in [0, 0.1) is 0 Å². The Bertz CT molecular complexity index is 700. The number of hydrogen-bond acceptors (Lipinski definition) is 4. The summed E-state index contributed by atoms with van der Waals surface area (Å²) in [4.78, 5) is 6.41. The molecule has 0 aliphatic carbocycles. The van der Waals surface area contributed by atoms with Crippen LogP contribution in [0.5, 0.6) is 0 Å². The summed E-state index contributed by atoms with van der Waals surface area (Å²) < 4.78 is 26.0. The molecule has 0 saturated heterocycles. The fourth-order valence-electron chi connectivity index (χ4n) is 2.30. The minimum atomic E-state index is -3.30. The van der Waals surface area contributed by atoms with E-state index in [0.717, 1.165) is 18.8 Å². The van der Waals surface area contributed by atoms with Crippen molar-refractivity contribution >= 4 is 21.5 Å². The van der Waals surface area contributed by atoms with Gasteiger partial charge in [0.15, 0.2) is 0 Å². The van der Waals surface area contributed by atoms with Gasteiger partial charge in [0.05, 0.1) is 17.6 Å². The second-order valence-electron chi connectivity index (χ2n) is 5.32. The van der Waals surface area contributed by atoms with Crippen molar-refractivity contribution in [2.24, 2.45) is 0 Å². The van der Waals surface area contributed by atoms with E-state index in [4.69, 9.17) is 0 Å². The van der Waals surface area contributed by atoms with Gasteiger partial charge in [-0.3, -0.25) is 4.72 Å². The Morgan fingerprint density at radius 2 is 1.83 bits per heavy atom. The van der Waals surface area contributed by atoms with Crippen molar-refractivity contribution in [2.45, 2.75) is 26.8 Å². The fraction of sp³-hybridized carbons (Fsp3) is 0.353. The van der Waals surface area contributed by atoms with E-state index in [9.17, 15) is 8.42 Å². The van der Waals surface area contributed by atoms with Gasteiger partial charge in [-0.2, -0.15) is 0 Å². The van der Waals surface area contributed by atoms with Crippen LogP contribution < -0.4 is 9.62 Å². The summed E-state index contributed by atoms with van der Waals surface area (Å²) in [5, 5.41) is 0. The lowest BCUT2D eigenvalue weighted by atomic mass is 10.2. The molecule has 0 unspecified atom stereocenters. The molecule has 0 aliphatic rings. The van der Waals surface area contributed by atoms with Crippen molar-refractivity contribution in [1.82, 2.24) is 4.98 Å². The molecule has 124 valence electrons. The van der Waals surface area contributed by atoms with Gasteiger partial charge in [0.2, 0.25) is 10.0 Å². The van der Waals surface area contributed by atoms with Crippen molar-refractivity contribution in [3.8, 4) is 0 Å². The Labute approximate surface area is 138 Å². The molecule has 0 atom stereocenters. The van der Waals surface area contributed by atoms with Gasteiger partial charge in [-0.1, -0.05) is 37.3 Å². The predicted molar refractivity (Wildman–Crippen MR) is 95.1 cm³/mol. The number of aromatic nitrogens is 1. The molecule has 6 heteroatoms. The third-order valence-electron chi connectivity index (χ3n) is 3.44. The van der Waals surface area contributed by atoms with E-state index in [1.807, 2.05) is 31.2 Å². The van der Waals surface area contributed by atoms with E-state index in [1.54, 1.807) is 12.3 Å². The summed E-state index contributed by atoms with van der Waals surface area (Å²) >= 11 is 0. The summed E-state index contributed by atoms with van der Waals surface area (Å²) in [6, 6.07) is 13.8. The Kier molecular flexibility index (Phi) is 5.98. The summed E-state index contributed by atoms with van der Waals surface area (Å²) in [6.07, 6.45) is 2.28. The monoisotopic (exact) mass is 333 g/mol. The van der Waals surface area contributed by atoms with Gasteiger partial charge in [0.25, 0.3) is 0 Å². The molecule has 0 amide bonds. The van der Waals surface area contributed by atoms with Gasteiger partial charge in [-0.15, -0.1) is 0 Å². The highest BCUT2D eigenvalue weighted by molar-refractivity contribution is 7.92. The third-order valence-corrected chi connectivity index (χ3v) is 4.91. The first-order valence-corrected chi connectivity index (χ1v) is 9.44. The first-order valence-electron chi connectivity index (χ1n) is 7.79. The highest BCUT2D eigenvalue weighted by Crippen LogP contribution is 2.18. The Balaban J connectivity index is 2.08. The normalized spacial score (nSPS) is 11.2. The quantitative estimate of drug-likeness (QED) is 0.805. The van der Waals surface area contributed by atoms with E-state index >= 15 is 0 Å². The first-order chi connectivity index (χ1) is 11.0. The third kappa shape index (κ3) is 5.25. The van der Waals surface area contributed by atoms with E-state index in [1.165, 1.54) is 5.56 Å². The van der Waals surface area contributed by atoms with Crippen LogP contribution in [0.25, 0.3) is 0 Å². The topological polar surface area (TPSA) is 62.3 Å². The number of anilines is 2. The average Bonchev–Trinajstić information content (AvgIpc) is 2.54. The van der Waals surface area contributed by atoms with Crippen LogP contribution in [0.4, 0.5) is 11.5 Å². The van der Waals surface area contributed by atoms with Crippen molar-refractivity contribution in [2.75, 3.05) is 21.9 Å². The van der Waals surface area contributed by atoms with E-state index < -0.39 is 10.0 Å². The Morgan fingerprint density at radius 1 is 1.09 bits per heavy atom. The van der Waals surface area contributed by atoms with Crippen molar-refractivity contribution in [1.29, 1.82) is 0 Å². The number of hydrogen-bond donors (Lipinski definition) is 1. The van der Waals surface area contributed by atoms with Gasteiger partial charge in [-0.25, -0.2) is 13.4 Å². The molecule has 0 fully saturated rings. The van der Waals surface area contributed by atoms with Crippen LogP contribution >= 0.6 is 0 Å². The molecule has 2 aromatic rings. The molecule has 1 aromatic heterocycles. The van der Waals surface area contributed by atoms with Gasteiger partial charge in [0.1, 0.15) is 5.82 Å². The second-order valence-corrected chi connectivity index (χ2v) is 7.16. The lowest BCUT2D eigenvalue weighted by Crippen LogP contribution is -2.22. The molecular formula is C17H23N3O2S. The number of sulfonamides is 1. The van der Waals surface area contributed by atoms with Crippen LogP contribution in [0.15, 0.2) is 48.7 Å². The second kappa shape index (κ2) is 7.97. The lowest BCUT2D eigenvalue weighted by molar-refractivity contribution is 0.599. The number of benzene rings is 1. The minimum Gasteiger partial charge on any atom is -0.366 e. The number of rotatable bonds is 8. The Hall–Kier alpha value is -2.08. The molecule has 0 radical (unpaired) electrons. The molecule has 1 heterocycles. The van der Waals surface area contributed by atoms with E-state index in [2.05, 4.69) is 33.7 Å². The van der Waals surface area contributed by atoms with Crippen LogP contribution in [0.1, 0.15) is 25.8 Å². The zero-order valence-electron chi connectivity index (χ0n) is 13.6. The van der Waals surface area contributed by atoms with Crippen molar-refractivity contribution in [3.63, 3.8) is 0 Å². The predicted octanol–water partition coefficient (Wildman–Crippen LogP) is 3.26. The molecule has 1 aromatic carbocycles. The SMILES string of the molecule is CCCS(=O)(=O)Nc1ccc(N(CC)Cc2ccccc2)cn1. The standard InChI is InChI=1S/C17H23N3O2S/c1-3-12-23(21,22)19-17-11-10-16(13-18-17)20(4-2)14-15-8-6-5-7-9-15/h5-11,13H,3-4,12,14H2,1-2H3,(H,18,19). The molecule has 23 heavy (non-hydrogen) atoms. The fourth-order valence-corrected chi connectivity index (χ4v) is 3.38. The largest absolute Gasteiger partial charge is 0.366 e. The minimum absolute atomic E-state index is 0.103. The molecule has 0 aliphatic heterocycles. The zero-order valence-corrected chi connectivity index (χ0v) is 14.4. The molecule has 0 saturated carbocycles. The lowest BCUT2D eigenvalue weighted by Gasteiger charge is -2.23. The molecule has 1 N–H and O–H groups in total. The smallest absolute Gasteiger partial charge is 0.233 e. The summed E-state index contributed by atoms with van der Waals surface area (Å²) in [6.45, 7) is 5.55. The first kappa shape index (κ1) is 17.3. The van der Waals surface area contributed by atoms with Crippen LogP contribution in [-0.2, 0) is 16.6 Å². The van der Waals surface area contributed by atoms with Crippen LogP contribution in [0.2, 0.25) is 0 Å².